The molecule has 3 aromatic rings. The Bertz CT molecular complexity index is 812. The van der Waals surface area contributed by atoms with Crippen molar-refractivity contribution in [2.45, 2.75) is 6.42 Å². The summed E-state index contributed by atoms with van der Waals surface area (Å²) >= 11 is 1.59. The van der Waals surface area contributed by atoms with E-state index >= 15 is 0 Å². The quantitative estimate of drug-likeness (QED) is 0.693. The molecule has 0 atom stereocenters. The molecule has 0 spiro atoms. The second kappa shape index (κ2) is 4.18. The van der Waals surface area contributed by atoms with Crippen molar-refractivity contribution in [2.75, 3.05) is 17.2 Å². The van der Waals surface area contributed by atoms with Crippen molar-refractivity contribution in [3.63, 3.8) is 0 Å². The van der Waals surface area contributed by atoms with Gasteiger partial charge in [-0.15, -0.1) is 0 Å². The maximum absolute atomic E-state index is 13.4. The number of nitrogens with two attached hydrogens (primary N) is 1. The molecule has 1 aliphatic heterocycles. The summed E-state index contributed by atoms with van der Waals surface area (Å²) in [6, 6.07) is 10.7. The molecule has 2 N–H and O–H groups in total. The number of anilines is 3. The molecule has 1 aliphatic rings. The molecule has 0 fully saturated rings. The largest absolute Gasteiger partial charge is 0.399 e. The summed E-state index contributed by atoms with van der Waals surface area (Å²) < 4.78 is 14.5. The zero-order chi connectivity index (χ0) is 13.7. The van der Waals surface area contributed by atoms with Crippen LogP contribution in [0.2, 0.25) is 0 Å². The van der Waals surface area contributed by atoms with Crippen molar-refractivity contribution in [1.29, 1.82) is 0 Å². The third-order valence-electron chi connectivity index (χ3n) is 3.57. The Morgan fingerprint density at radius 3 is 3.00 bits per heavy atom. The van der Waals surface area contributed by atoms with Crippen molar-refractivity contribution in [3.05, 3.63) is 47.8 Å². The zero-order valence-corrected chi connectivity index (χ0v) is 11.5. The standard InChI is InChI=1S/C15H12FN3S/c16-10-2-1-9-5-6-19(13(9)7-10)15-18-12-4-3-11(17)8-14(12)20-15/h1-4,7-8H,5-6,17H2. The van der Waals surface area contributed by atoms with Gasteiger partial charge in [-0.1, -0.05) is 17.4 Å². The third kappa shape index (κ3) is 1.74. The smallest absolute Gasteiger partial charge is 0.190 e. The van der Waals surface area contributed by atoms with Crippen LogP contribution in [0.15, 0.2) is 36.4 Å². The van der Waals surface area contributed by atoms with Gasteiger partial charge in [0.25, 0.3) is 0 Å². The van der Waals surface area contributed by atoms with Crippen LogP contribution in [0.4, 0.5) is 20.9 Å². The van der Waals surface area contributed by atoms with Crippen molar-refractivity contribution in [1.82, 2.24) is 4.98 Å². The first-order chi connectivity index (χ1) is 9.70. The van der Waals surface area contributed by atoms with Crippen LogP contribution >= 0.6 is 11.3 Å². The number of rotatable bonds is 1. The molecule has 0 radical (unpaired) electrons. The number of fused-ring (bicyclic) bond motifs is 2. The molecule has 0 saturated carbocycles. The fourth-order valence-corrected chi connectivity index (χ4v) is 3.65. The molecule has 5 heteroatoms. The van der Waals surface area contributed by atoms with Gasteiger partial charge in [0.15, 0.2) is 5.13 Å². The van der Waals surface area contributed by atoms with Gasteiger partial charge in [-0.25, -0.2) is 9.37 Å². The summed E-state index contributed by atoms with van der Waals surface area (Å²) in [4.78, 5) is 6.71. The van der Waals surface area contributed by atoms with Crippen molar-refractivity contribution >= 4 is 38.1 Å². The van der Waals surface area contributed by atoms with E-state index in [0.29, 0.717) is 0 Å². The lowest BCUT2D eigenvalue weighted by Gasteiger charge is -2.15. The highest BCUT2D eigenvalue weighted by molar-refractivity contribution is 7.22. The molecular weight excluding hydrogens is 273 g/mol. The fourth-order valence-electron chi connectivity index (χ4n) is 2.60. The molecule has 2 heterocycles. The first kappa shape index (κ1) is 11.7. The van der Waals surface area contributed by atoms with Gasteiger partial charge in [-0.3, -0.25) is 0 Å². The molecule has 3 nitrogen and oxygen atoms in total. The summed E-state index contributed by atoms with van der Waals surface area (Å²) in [5, 5.41) is 0.898. The highest BCUT2D eigenvalue weighted by atomic mass is 32.1. The van der Waals surface area contributed by atoms with Gasteiger partial charge in [-0.2, -0.15) is 0 Å². The fraction of sp³-hybridized carbons (Fsp3) is 0.133. The average molecular weight is 285 g/mol. The highest BCUT2D eigenvalue weighted by Crippen LogP contribution is 2.39. The number of hydrogen-bond acceptors (Lipinski definition) is 4. The zero-order valence-electron chi connectivity index (χ0n) is 10.6. The highest BCUT2D eigenvalue weighted by Gasteiger charge is 2.23. The van der Waals surface area contributed by atoms with Gasteiger partial charge >= 0.3 is 0 Å². The van der Waals surface area contributed by atoms with E-state index in [4.69, 9.17) is 5.73 Å². The molecule has 0 unspecified atom stereocenters. The number of hydrogen-bond donors (Lipinski definition) is 1. The lowest BCUT2D eigenvalue weighted by molar-refractivity contribution is 0.628. The minimum Gasteiger partial charge on any atom is -0.399 e. The van der Waals surface area contributed by atoms with E-state index in [1.54, 1.807) is 17.4 Å². The number of aromatic nitrogens is 1. The maximum atomic E-state index is 13.4. The summed E-state index contributed by atoms with van der Waals surface area (Å²) in [6.45, 7) is 0.841. The Morgan fingerprint density at radius 1 is 1.20 bits per heavy atom. The topological polar surface area (TPSA) is 42.1 Å². The van der Waals surface area contributed by atoms with Crippen molar-refractivity contribution in [3.8, 4) is 0 Å². The third-order valence-corrected chi connectivity index (χ3v) is 4.62. The summed E-state index contributed by atoms with van der Waals surface area (Å²) in [7, 11) is 0. The van der Waals surface area contributed by atoms with Crippen LogP contribution in [0, 0.1) is 5.82 Å². The molecule has 1 aromatic heterocycles. The summed E-state index contributed by atoms with van der Waals surface area (Å²) in [5.41, 5.74) is 9.57. The predicted octanol–water partition coefficient (Wildman–Crippen LogP) is 3.71. The normalized spacial score (nSPS) is 13.9. The molecule has 100 valence electrons. The number of thiazole rings is 1. The van der Waals surface area contributed by atoms with Crippen LogP contribution in [-0.4, -0.2) is 11.5 Å². The Balaban J connectivity index is 1.83. The van der Waals surface area contributed by atoms with E-state index in [1.165, 1.54) is 11.6 Å². The number of nitrogen functional groups attached to an aromatic ring is 1. The van der Waals surface area contributed by atoms with Crippen molar-refractivity contribution in [2.24, 2.45) is 0 Å². The summed E-state index contributed by atoms with van der Waals surface area (Å²) in [6.07, 6.45) is 0.924. The average Bonchev–Trinajstić information content (AvgIpc) is 3.00. The van der Waals surface area contributed by atoms with Gasteiger partial charge < -0.3 is 10.6 Å². The second-order valence-corrected chi connectivity index (χ2v) is 5.91. The minimum absolute atomic E-state index is 0.207. The Kier molecular flexibility index (Phi) is 2.44. The predicted molar refractivity (Wildman–Crippen MR) is 81.1 cm³/mol. The van der Waals surface area contributed by atoms with Crippen LogP contribution in [0.1, 0.15) is 5.56 Å². The SMILES string of the molecule is Nc1ccc2nc(N3CCc4ccc(F)cc43)sc2c1. The van der Waals surface area contributed by atoms with Crippen LogP contribution < -0.4 is 10.6 Å². The molecule has 2 aromatic carbocycles. The lowest BCUT2D eigenvalue weighted by atomic mass is 10.2. The first-order valence-electron chi connectivity index (χ1n) is 6.43. The Labute approximate surface area is 119 Å². The first-order valence-corrected chi connectivity index (χ1v) is 7.24. The van der Waals surface area contributed by atoms with E-state index in [9.17, 15) is 4.39 Å². The van der Waals surface area contributed by atoms with Gasteiger partial charge in [0, 0.05) is 17.9 Å². The molecule has 0 amide bonds. The van der Waals surface area contributed by atoms with E-state index in [-0.39, 0.29) is 5.82 Å². The molecule has 4 rings (SSSR count). The van der Waals surface area contributed by atoms with E-state index in [2.05, 4.69) is 9.88 Å². The van der Waals surface area contributed by atoms with Crippen LogP contribution in [0.3, 0.4) is 0 Å². The molecule has 0 aliphatic carbocycles. The summed E-state index contributed by atoms with van der Waals surface area (Å²) in [5.74, 6) is -0.207. The minimum atomic E-state index is -0.207. The van der Waals surface area contributed by atoms with Crippen LogP contribution in [0.25, 0.3) is 10.2 Å². The van der Waals surface area contributed by atoms with Gasteiger partial charge in [0.1, 0.15) is 5.82 Å². The van der Waals surface area contributed by atoms with E-state index < -0.39 is 0 Å². The number of halogens is 1. The second-order valence-electron chi connectivity index (χ2n) is 4.90. The van der Waals surface area contributed by atoms with E-state index in [0.717, 1.165) is 39.7 Å². The Hall–Kier alpha value is -2.14. The van der Waals surface area contributed by atoms with Gasteiger partial charge in [0.2, 0.25) is 0 Å². The molecule has 0 bridgehead atoms. The monoisotopic (exact) mass is 285 g/mol. The van der Waals surface area contributed by atoms with Crippen molar-refractivity contribution < 1.29 is 4.39 Å². The number of nitrogens with zero attached hydrogens (tertiary/aromatic N) is 2. The van der Waals surface area contributed by atoms with Crippen LogP contribution in [-0.2, 0) is 6.42 Å². The van der Waals surface area contributed by atoms with Gasteiger partial charge in [-0.05, 0) is 42.3 Å². The molecule has 20 heavy (non-hydrogen) atoms. The van der Waals surface area contributed by atoms with Gasteiger partial charge in [0.05, 0.1) is 10.2 Å². The van der Waals surface area contributed by atoms with Crippen LogP contribution in [0.5, 0.6) is 0 Å². The van der Waals surface area contributed by atoms with E-state index in [1.807, 2.05) is 24.3 Å². The maximum Gasteiger partial charge on any atom is 0.190 e. The molecule has 0 saturated heterocycles. The lowest BCUT2D eigenvalue weighted by Crippen LogP contribution is -2.12. The molecular formula is C15H12FN3S. The Morgan fingerprint density at radius 2 is 2.10 bits per heavy atom. The number of benzene rings is 2.